The zero-order valence-corrected chi connectivity index (χ0v) is 11.8. The molecule has 1 N–H and O–H groups in total. The van der Waals surface area contributed by atoms with Crippen molar-refractivity contribution >= 4 is 27.5 Å². The number of benzene rings is 1. The first-order valence-corrected chi connectivity index (χ1v) is 7.49. The minimum atomic E-state index is -0.0682. The van der Waals surface area contributed by atoms with Gasteiger partial charge in [0.05, 0.1) is 0 Å². The van der Waals surface area contributed by atoms with Crippen molar-refractivity contribution in [3.8, 4) is 0 Å². The molecule has 2 aromatic heterocycles. The second-order valence-electron chi connectivity index (χ2n) is 5.60. The van der Waals surface area contributed by atoms with Gasteiger partial charge in [0, 0.05) is 41.1 Å². The molecule has 0 radical (unpaired) electrons. The lowest BCUT2D eigenvalue weighted by Gasteiger charge is -2.29. The topological polar surface area (TPSA) is 49.0 Å². The molecule has 0 saturated carbocycles. The molecule has 1 fully saturated rings. The molecule has 0 amide bonds. The molecule has 4 heteroatoms. The van der Waals surface area contributed by atoms with Crippen molar-refractivity contribution in [1.82, 2.24) is 9.97 Å². The summed E-state index contributed by atoms with van der Waals surface area (Å²) in [7, 11) is 0. The second-order valence-corrected chi connectivity index (χ2v) is 5.60. The number of hydrogen-bond acceptors (Lipinski definition) is 3. The fraction of sp³-hybridized carbons (Fsp3) is 0.294. The quantitative estimate of drug-likeness (QED) is 0.696. The molecule has 3 aromatic rings. The van der Waals surface area contributed by atoms with Gasteiger partial charge < -0.3 is 9.88 Å². The second kappa shape index (κ2) is 4.88. The number of fused-ring (bicyclic) bond motifs is 3. The van der Waals surface area contributed by atoms with Crippen molar-refractivity contribution in [2.75, 3.05) is 18.0 Å². The van der Waals surface area contributed by atoms with Crippen molar-refractivity contribution in [1.29, 1.82) is 0 Å². The van der Waals surface area contributed by atoms with E-state index in [0.717, 1.165) is 29.2 Å². The summed E-state index contributed by atoms with van der Waals surface area (Å²) in [6.45, 7) is 2.15. The number of piperidine rings is 1. The highest BCUT2D eigenvalue weighted by atomic mass is 16.1. The average molecular weight is 279 g/mol. The highest BCUT2D eigenvalue weighted by molar-refractivity contribution is 6.10. The zero-order chi connectivity index (χ0) is 14.2. The van der Waals surface area contributed by atoms with E-state index in [1.165, 1.54) is 24.9 Å². The Morgan fingerprint density at radius 1 is 1.00 bits per heavy atom. The van der Waals surface area contributed by atoms with Crippen LogP contribution in [0.2, 0.25) is 0 Å². The number of hydrogen-bond donors (Lipinski definition) is 1. The third-order valence-electron chi connectivity index (χ3n) is 4.30. The Bertz CT molecular complexity index is 863. The largest absolute Gasteiger partial charge is 0.371 e. The lowest BCUT2D eigenvalue weighted by atomic mass is 10.0. The number of nitrogens with zero attached hydrogens (tertiary/aromatic N) is 2. The molecule has 4 nitrogen and oxygen atoms in total. The van der Waals surface area contributed by atoms with Gasteiger partial charge in [-0.25, -0.2) is 4.98 Å². The average Bonchev–Trinajstić information content (AvgIpc) is 2.55. The lowest BCUT2D eigenvalue weighted by Crippen LogP contribution is -2.29. The van der Waals surface area contributed by atoms with Gasteiger partial charge in [0.2, 0.25) is 0 Å². The molecule has 1 aromatic carbocycles. The van der Waals surface area contributed by atoms with Crippen molar-refractivity contribution in [2.45, 2.75) is 19.3 Å². The Labute approximate surface area is 122 Å². The minimum absolute atomic E-state index is 0.0682. The third kappa shape index (κ3) is 1.98. The van der Waals surface area contributed by atoms with Crippen molar-refractivity contribution in [3.63, 3.8) is 0 Å². The molecule has 21 heavy (non-hydrogen) atoms. The van der Waals surface area contributed by atoms with E-state index in [4.69, 9.17) is 0 Å². The molecule has 0 aliphatic carbocycles. The van der Waals surface area contributed by atoms with Crippen LogP contribution in [0, 0.1) is 0 Å². The minimum Gasteiger partial charge on any atom is -0.371 e. The maximum atomic E-state index is 12.2. The van der Waals surface area contributed by atoms with E-state index in [1.54, 1.807) is 6.20 Å². The lowest BCUT2D eigenvalue weighted by molar-refractivity contribution is 0.579. The van der Waals surface area contributed by atoms with E-state index in [2.05, 4.69) is 20.9 Å². The van der Waals surface area contributed by atoms with Crippen LogP contribution in [0.5, 0.6) is 0 Å². The molecule has 0 atom stereocenters. The maximum Gasteiger partial charge on any atom is 0.257 e. The molecular weight excluding hydrogens is 262 g/mol. The predicted molar refractivity (Wildman–Crippen MR) is 85.9 cm³/mol. The first kappa shape index (κ1) is 12.4. The van der Waals surface area contributed by atoms with Gasteiger partial charge >= 0.3 is 0 Å². The van der Waals surface area contributed by atoms with E-state index in [0.29, 0.717) is 5.65 Å². The fourth-order valence-electron chi connectivity index (χ4n) is 3.28. The van der Waals surface area contributed by atoms with E-state index in [1.807, 2.05) is 24.3 Å². The zero-order valence-electron chi connectivity index (χ0n) is 11.8. The van der Waals surface area contributed by atoms with Crippen LogP contribution in [0.4, 0.5) is 5.69 Å². The van der Waals surface area contributed by atoms with Crippen molar-refractivity contribution in [3.05, 3.63) is 46.9 Å². The van der Waals surface area contributed by atoms with E-state index < -0.39 is 0 Å². The SMILES string of the molecule is O=c1[nH]c2nccc(N3CCCCC3)c2c2ccccc12. The van der Waals surface area contributed by atoms with Gasteiger partial charge in [0.15, 0.2) is 0 Å². The summed E-state index contributed by atoms with van der Waals surface area (Å²) in [5, 5.41) is 2.79. The Balaban J connectivity index is 2.07. The summed E-state index contributed by atoms with van der Waals surface area (Å²) in [6, 6.07) is 9.84. The Morgan fingerprint density at radius 3 is 2.57 bits per heavy atom. The van der Waals surface area contributed by atoms with Gasteiger partial charge in [0.25, 0.3) is 5.56 Å². The first-order chi connectivity index (χ1) is 10.3. The molecule has 1 aliphatic heterocycles. The summed E-state index contributed by atoms with van der Waals surface area (Å²) in [5.74, 6) is 0. The van der Waals surface area contributed by atoms with Crippen LogP contribution >= 0.6 is 0 Å². The predicted octanol–water partition coefficient (Wildman–Crippen LogP) is 3.07. The van der Waals surface area contributed by atoms with Gasteiger partial charge in [-0.15, -0.1) is 0 Å². The van der Waals surface area contributed by atoms with Gasteiger partial charge in [-0.1, -0.05) is 18.2 Å². The first-order valence-electron chi connectivity index (χ1n) is 7.49. The van der Waals surface area contributed by atoms with E-state index in [-0.39, 0.29) is 5.56 Å². The number of pyridine rings is 2. The molecule has 106 valence electrons. The molecule has 1 aliphatic rings. The number of rotatable bonds is 1. The van der Waals surface area contributed by atoms with Crippen LogP contribution in [-0.4, -0.2) is 23.1 Å². The fourth-order valence-corrected chi connectivity index (χ4v) is 3.28. The van der Waals surface area contributed by atoms with Crippen LogP contribution in [0.25, 0.3) is 21.8 Å². The van der Waals surface area contributed by atoms with Crippen LogP contribution in [0.3, 0.4) is 0 Å². The van der Waals surface area contributed by atoms with Gasteiger partial charge in [-0.3, -0.25) is 4.79 Å². The highest BCUT2D eigenvalue weighted by Gasteiger charge is 2.16. The van der Waals surface area contributed by atoms with Crippen LogP contribution < -0.4 is 10.5 Å². The van der Waals surface area contributed by atoms with Gasteiger partial charge in [-0.2, -0.15) is 0 Å². The maximum absolute atomic E-state index is 12.2. The Hall–Kier alpha value is -2.36. The van der Waals surface area contributed by atoms with Crippen LogP contribution in [-0.2, 0) is 0 Å². The van der Waals surface area contributed by atoms with Gasteiger partial charge in [-0.05, 0) is 31.4 Å². The van der Waals surface area contributed by atoms with E-state index in [9.17, 15) is 4.79 Å². The van der Waals surface area contributed by atoms with E-state index >= 15 is 0 Å². The summed E-state index contributed by atoms with van der Waals surface area (Å²) >= 11 is 0. The molecule has 1 saturated heterocycles. The summed E-state index contributed by atoms with van der Waals surface area (Å²) < 4.78 is 0. The number of aromatic amines is 1. The number of H-pyrrole nitrogens is 1. The van der Waals surface area contributed by atoms with Crippen LogP contribution in [0.15, 0.2) is 41.3 Å². The van der Waals surface area contributed by atoms with Crippen molar-refractivity contribution in [2.24, 2.45) is 0 Å². The monoisotopic (exact) mass is 279 g/mol. The Kier molecular flexibility index (Phi) is 2.88. The smallest absolute Gasteiger partial charge is 0.257 e. The number of anilines is 1. The summed E-state index contributed by atoms with van der Waals surface area (Å²) in [6.07, 6.45) is 5.55. The normalized spacial score (nSPS) is 15.7. The molecular formula is C17H17N3O. The molecule has 0 spiro atoms. The number of aromatic nitrogens is 2. The molecule has 3 heterocycles. The molecule has 0 unspecified atom stereocenters. The van der Waals surface area contributed by atoms with Gasteiger partial charge in [0.1, 0.15) is 5.65 Å². The standard InChI is InChI=1S/C17H17N3O/c21-17-13-7-3-2-6-12(13)15-14(8-9-18-16(15)19-17)20-10-4-1-5-11-20/h2-3,6-9H,1,4-5,10-11H2,(H,18,19,21). The molecule has 4 rings (SSSR count). The summed E-state index contributed by atoms with van der Waals surface area (Å²) in [5.41, 5.74) is 1.80. The third-order valence-corrected chi connectivity index (χ3v) is 4.30. The summed E-state index contributed by atoms with van der Waals surface area (Å²) in [4.78, 5) is 21.9. The Morgan fingerprint density at radius 2 is 1.76 bits per heavy atom. The van der Waals surface area contributed by atoms with Crippen LogP contribution in [0.1, 0.15) is 19.3 Å². The highest BCUT2D eigenvalue weighted by Crippen LogP contribution is 2.31. The molecule has 0 bridgehead atoms. The number of nitrogens with one attached hydrogen (secondary N) is 1. The van der Waals surface area contributed by atoms with Crippen molar-refractivity contribution < 1.29 is 0 Å².